The van der Waals surface area contributed by atoms with Gasteiger partial charge in [0, 0.05) is 18.7 Å². The van der Waals surface area contributed by atoms with Crippen LogP contribution < -0.4 is 16.0 Å². The van der Waals surface area contributed by atoms with E-state index in [1.165, 1.54) is 38.1 Å². The van der Waals surface area contributed by atoms with Crippen LogP contribution in [-0.4, -0.2) is 39.8 Å². The molecule has 2 aromatic rings. The molecule has 0 atom stereocenters. The van der Waals surface area contributed by atoms with Crippen LogP contribution in [0.4, 0.5) is 17.3 Å². The Hall–Kier alpha value is -2.79. The fraction of sp³-hybridized carbons (Fsp3) is 0.500. The summed E-state index contributed by atoms with van der Waals surface area (Å²) in [4.78, 5) is 8.13. The van der Waals surface area contributed by atoms with Crippen LogP contribution in [0.1, 0.15) is 37.1 Å². The van der Waals surface area contributed by atoms with Gasteiger partial charge in [-0.1, -0.05) is 0 Å². The van der Waals surface area contributed by atoms with E-state index in [2.05, 4.69) is 36.1 Å². The van der Waals surface area contributed by atoms with Gasteiger partial charge in [0.15, 0.2) is 11.5 Å². The molecule has 1 saturated carbocycles. The van der Waals surface area contributed by atoms with Crippen molar-refractivity contribution in [2.24, 2.45) is 5.92 Å². The van der Waals surface area contributed by atoms with Crippen LogP contribution in [-0.2, 0) is 0 Å². The monoisotopic (exact) mass is 352 g/mol. The van der Waals surface area contributed by atoms with Crippen molar-refractivity contribution in [1.29, 1.82) is 5.26 Å². The Balaban J connectivity index is 1.59. The summed E-state index contributed by atoms with van der Waals surface area (Å²) in [5, 5.41) is 27.1. The van der Waals surface area contributed by atoms with Crippen LogP contribution in [0.5, 0.6) is 0 Å². The predicted octanol–water partition coefficient (Wildman–Crippen LogP) is 2.38. The number of rotatable bonds is 6. The van der Waals surface area contributed by atoms with Gasteiger partial charge in [-0.05, 0) is 45.6 Å². The molecule has 0 bridgehead atoms. The minimum Gasteiger partial charge on any atom is -0.383 e. The number of hydrogen-bond donors (Lipinski definition) is 3. The van der Waals surface area contributed by atoms with Gasteiger partial charge in [-0.2, -0.15) is 10.4 Å². The second-order valence-corrected chi connectivity index (χ2v) is 6.64. The molecule has 0 amide bonds. The van der Waals surface area contributed by atoms with Crippen molar-refractivity contribution in [3.8, 4) is 6.07 Å². The zero-order valence-corrected chi connectivity index (χ0v) is 15.2. The molecular formula is C18H24N8. The fourth-order valence-electron chi connectivity index (χ4n) is 3.18. The van der Waals surface area contributed by atoms with E-state index in [0.29, 0.717) is 23.6 Å². The standard InChI is InChI=1S/C18H24N8/c1-12-16(22-9-13-3-5-14(20-2)6-4-13)7-17(26-25-12)24-18-11-21-15(8-19)10-23-18/h7,10-11,13-14,20H,3-6,9H2,1-2H3,(H2,22,23,24,26). The van der Waals surface area contributed by atoms with Gasteiger partial charge in [-0.15, -0.1) is 5.10 Å². The van der Waals surface area contributed by atoms with Crippen molar-refractivity contribution in [3.63, 3.8) is 0 Å². The maximum absolute atomic E-state index is 8.77. The van der Waals surface area contributed by atoms with E-state index < -0.39 is 0 Å². The summed E-state index contributed by atoms with van der Waals surface area (Å²) in [6.45, 7) is 2.89. The molecule has 136 valence electrons. The topological polar surface area (TPSA) is 111 Å². The van der Waals surface area contributed by atoms with Crippen LogP contribution in [0.15, 0.2) is 18.5 Å². The SMILES string of the molecule is CNC1CCC(CNc2cc(Nc3cnc(C#N)cn3)nnc2C)CC1. The van der Waals surface area contributed by atoms with Gasteiger partial charge in [0.05, 0.1) is 23.8 Å². The largest absolute Gasteiger partial charge is 0.383 e. The molecule has 0 radical (unpaired) electrons. The highest BCUT2D eigenvalue weighted by Crippen LogP contribution is 2.25. The number of nitriles is 1. The number of nitrogens with one attached hydrogen (secondary N) is 3. The van der Waals surface area contributed by atoms with Gasteiger partial charge in [0.1, 0.15) is 11.9 Å². The molecule has 8 nitrogen and oxygen atoms in total. The zero-order chi connectivity index (χ0) is 18.4. The van der Waals surface area contributed by atoms with Crippen molar-refractivity contribution < 1.29 is 0 Å². The van der Waals surface area contributed by atoms with Crippen molar-refractivity contribution in [2.75, 3.05) is 24.2 Å². The molecule has 3 rings (SSSR count). The Morgan fingerprint density at radius 2 is 1.92 bits per heavy atom. The second-order valence-electron chi connectivity index (χ2n) is 6.64. The summed E-state index contributed by atoms with van der Waals surface area (Å²) >= 11 is 0. The molecule has 1 aliphatic rings. The summed E-state index contributed by atoms with van der Waals surface area (Å²) in [5.41, 5.74) is 2.12. The third-order valence-corrected chi connectivity index (χ3v) is 4.84. The number of aryl methyl sites for hydroxylation is 1. The lowest BCUT2D eigenvalue weighted by Gasteiger charge is -2.28. The molecule has 0 saturated heterocycles. The first-order chi connectivity index (χ1) is 12.7. The first-order valence-electron chi connectivity index (χ1n) is 8.92. The van der Waals surface area contributed by atoms with Crippen LogP contribution in [0.25, 0.3) is 0 Å². The lowest BCUT2D eigenvalue weighted by Crippen LogP contribution is -2.32. The molecule has 0 aliphatic heterocycles. The normalized spacial score (nSPS) is 19.6. The summed E-state index contributed by atoms with van der Waals surface area (Å²) in [5.74, 6) is 1.81. The molecule has 0 unspecified atom stereocenters. The summed E-state index contributed by atoms with van der Waals surface area (Å²) in [7, 11) is 2.04. The fourth-order valence-corrected chi connectivity index (χ4v) is 3.18. The van der Waals surface area contributed by atoms with Gasteiger partial charge in [-0.25, -0.2) is 9.97 Å². The van der Waals surface area contributed by atoms with Gasteiger partial charge in [0.25, 0.3) is 0 Å². The first kappa shape index (κ1) is 18.0. The molecule has 1 aliphatic carbocycles. The maximum Gasteiger partial charge on any atom is 0.158 e. The molecular weight excluding hydrogens is 328 g/mol. The average molecular weight is 352 g/mol. The number of nitrogens with zero attached hydrogens (tertiary/aromatic N) is 5. The highest BCUT2D eigenvalue weighted by molar-refractivity contribution is 5.59. The Kier molecular flexibility index (Phi) is 5.92. The predicted molar refractivity (Wildman–Crippen MR) is 100 cm³/mol. The van der Waals surface area contributed by atoms with E-state index in [0.717, 1.165) is 17.9 Å². The van der Waals surface area contributed by atoms with Crippen molar-refractivity contribution in [2.45, 2.75) is 38.6 Å². The number of anilines is 3. The molecule has 3 N–H and O–H groups in total. The molecule has 26 heavy (non-hydrogen) atoms. The maximum atomic E-state index is 8.77. The van der Waals surface area contributed by atoms with Gasteiger partial charge < -0.3 is 16.0 Å². The van der Waals surface area contributed by atoms with Crippen LogP contribution in [0.3, 0.4) is 0 Å². The van der Waals surface area contributed by atoms with E-state index in [1.807, 2.05) is 26.1 Å². The van der Waals surface area contributed by atoms with Crippen molar-refractivity contribution in [1.82, 2.24) is 25.5 Å². The molecule has 2 aromatic heterocycles. The molecule has 8 heteroatoms. The van der Waals surface area contributed by atoms with E-state index in [-0.39, 0.29) is 5.69 Å². The van der Waals surface area contributed by atoms with Gasteiger partial charge in [-0.3, -0.25) is 0 Å². The van der Waals surface area contributed by atoms with Crippen LogP contribution in [0, 0.1) is 24.2 Å². The Morgan fingerprint density at radius 3 is 2.58 bits per heavy atom. The van der Waals surface area contributed by atoms with Gasteiger partial charge >= 0.3 is 0 Å². The zero-order valence-electron chi connectivity index (χ0n) is 15.2. The number of hydrogen-bond acceptors (Lipinski definition) is 8. The van der Waals surface area contributed by atoms with Gasteiger partial charge in [0.2, 0.25) is 0 Å². The highest BCUT2D eigenvalue weighted by Gasteiger charge is 2.20. The quantitative estimate of drug-likeness (QED) is 0.726. The first-order valence-corrected chi connectivity index (χ1v) is 8.92. The smallest absolute Gasteiger partial charge is 0.158 e. The summed E-state index contributed by atoms with van der Waals surface area (Å²) < 4.78 is 0. The third kappa shape index (κ3) is 4.64. The average Bonchev–Trinajstić information content (AvgIpc) is 2.69. The number of aromatic nitrogens is 4. The van der Waals surface area contributed by atoms with E-state index in [4.69, 9.17) is 5.26 Å². The van der Waals surface area contributed by atoms with E-state index >= 15 is 0 Å². The summed E-state index contributed by atoms with van der Waals surface area (Å²) in [6, 6.07) is 4.54. The van der Waals surface area contributed by atoms with Crippen molar-refractivity contribution >= 4 is 17.3 Å². The Bertz CT molecular complexity index is 760. The molecule has 1 fully saturated rings. The van der Waals surface area contributed by atoms with E-state index in [9.17, 15) is 0 Å². The summed E-state index contributed by atoms with van der Waals surface area (Å²) in [6.07, 6.45) is 7.88. The third-order valence-electron chi connectivity index (χ3n) is 4.84. The van der Waals surface area contributed by atoms with E-state index in [1.54, 1.807) is 0 Å². The van der Waals surface area contributed by atoms with Crippen LogP contribution >= 0.6 is 0 Å². The highest BCUT2D eigenvalue weighted by atomic mass is 15.2. The minimum absolute atomic E-state index is 0.279. The van der Waals surface area contributed by atoms with Crippen molar-refractivity contribution in [3.05, 3.63) is 29.8 Å². The lowest BCUT2D eigenvalue weighted by molar-refractivity contribution is 0.312. The minimum atomic E-state index is 0.279. The Labute approximate surface area is 153 Å². The van der Waals surface area contributed by atoms with Crippen LogP contribution in [0.2, 0.25) is 0 Å². The lowest BCUT2D eigenvalue weighted by atomic mass is 9.86. The molecule has 2 heterocycles. The Morgan fingerprint density at radius 1 is 1.12 bits per heavy atom. The second kappa shape index (κ2) is 8.54. The molecule has 0 aromatic carbocycles. The molecule has 0 spiro atoms.